The molecule has 1 heterocycles. The Labute approximate surface area is 178 Å². The van der Waals surface area contributed by atoms with Gasteiger partial charge >= 0.3 is 0 Å². The molecular weight excluding hydrogens is 402 g/mol. The van der Waals surface area contributed by atoms with Gasteiger partial charge in [-0.1, -0.05) is 6.07 Å². The molecule has 0 radical (unpaired) electrons. The van der Waals surface area contributed by atoms with Gasteiger partial charge in [0.15, 0.2) is 0 Å². The summed E-state index contributed by atoms with van der Waals surface area (Å²) in [5.74, 6) is 1.70. The average Bonchev–Trinajstić information content (AvgIpc) is 2.71. The van der Waals surface area contributed by atoms with E-state index in [9.17, 15) is 8.42 Å². The molecule has 1 aliphatic heterocycles. The molecule has 7 heteroatoms. The van der Waals surface area contributed by atoms with E-state index in [1.54, 1.807) is 19.2 Å². The highest BCUT2D eigenvalue weighted by atomic mass is 32.2. The minimum Gasteiger partial charge on any atom is -0.497 e. The molecule has 0 amide bonds. The maximum atomic E-state index is 13.5. The van der Waals surface area contributed by atoms with E-state index in [1.807, 2.05) is 32.0 Å². The van der Waals surface area contributed by atoms with Gasteiger partial charge in [-0.25, -0.2) is 13.1 Å². The van der Waals surface area contributed by atoms with E-state index in [1.165, 1.54) is 12.7 Å². The topological polar surface area (TPSA) is 73.9 Å². The molecule has 4 rings (SSSR count). The summed E-state index contributed by atoms with van der Waals surface area (Å²) in [6, 6.07) is 8.74. The molecule has 1 atom stereocenters. The maximum Gasteiger partial charge on any atom is 0.244 e. The summed E-state index contributed by atoms with van der Waals surface area (Å²) in [7, 11) is -0.694. The first-order valence-corrected chi connectivity index (χ1v) is 11.8. The Hall–Kier alpha value is -2.25. The van der Waals surface area contributed by atoms with Crippen LogP contribution in [0, 0.1) is 0 Å². The lowest BCUT2D eigenvalue weighted by atomic mass is 9.90. The van der Waals surface area contributed by atoms with E-state index >= 15 is 0 Å². The van der Waals surface area contributed by atoms with Crippen molar-refractivity contribution in [2.24, 2.45) is 0 Å². The van der Waals surface area contributed by atoms with Crippen LogP contribution in [-0.2, 0) is 22.9 Å². The largest absolute Gasteiger partial charge is 0.497 e. The quantitative estimate of drug-likeness (QED) is 0.769. The van der Waals surface area contributed by atoms with Crippen molar-refractivity contribution in [1.82, 2.24) is 4.72 Å². The molecule has 0 spiro atoms. The number of aryl methyl sites for hydroxylation is 2. The molecule has 0 saturated heterocycles. The SMILES string of the molecule is COc1ccc2c(c1)OC(C)(C)C[C@H]2NS(=O)(=O)c1cc2c(cc1OC)CCCC2. The Bertz CT molecular complexity index is 1060. The number of hydrogen-bond donors (Lipinski definition) is 1. The zero-order chi connectivity index (χ0) is 21.5. The summed E-state index contributed by atoms with van der Waals surface area (Å²) >= 11 is 0. The molecule has 162 valence electrons. The molecule has 0 aromatic heterocycles. The maximum absolute atomic E-state index is 13.5. The molecular formula is C23H29NO5S. The van der Waals surface area contributed by atoms with Crippen molar-refractivity contribution < 1.29 is 22.6 Å². The summed E-state index contributed by atoms with van der Waals surface area (Å²) in [6.45, 7) is 3.91. The van der Waals surface area contributed by atoms with Gasteiger partial charge in [-0.2, -0.15) is 0 Å². The van der Waals surface area contributed by atoms with Crippen LogP contribution in [0.15, 0.2) is 35.2 Å². The molecule has 30 heavy (non-hydrogen) atoms. The predicted octanol–water partition coefficient (Wildman–Crippen LogP) is 4.16. The summed E-state index contributed by atoms with van der Waals surface area (Å²) < 4.78 is 46.7. The van der Waals surface area contributed by atoms with Gasteiger partial charge < -0.3 is 14.2 Å². The van der Waals surface area contributed by atoms with E-state index in [-0.39, 0.29) is 4.90 Å². The lowest BCUT2D eigenvalue weighted by Gasteiger charge is -2.38. The van der Waals surface area contributed by atoms with E-state index < -0.39 is 21.7 Å². The van der Waals surface area contributed by atoms with Gasteiger partial charge in [0.05, 0.1) is 20.3 Å². The van der Waals surface area contributed by atoms with Crippen molar-refractivity contribution in [2.45, 2.75) is 62.5 Å². The lowest BCUT2D eigenvalue weighted by Crippen LogP contribution is -2.41. The first kappa shape index (κ1) is 21.0. The highest BCUT2D eigenvalue weighted by Gasteiger charge is 2.37. The van der Waals surface area contributed by atoms with Crippen molar-refractivity contribution in [3.8, 4) is 17.2 Å². The Morgan fingerprint density at radius 1 is 1.03 bits per heavy atom. The van der Waals surface area contributed by atoms with Crippen LogP contribution in [0.1, 0.15) is 55.8 Å². The first-order valence-electron chi connectivity index (χ1n) is 10.3. The highest BCUT2D eigenvalue weighted by molar-refractivity contribution is 7.89. The van der Waals surface area contributed by atoms with Gasteiger partial charge in [-0.15, -0.1) is 0 Å². The van der Waals surface area contributed by atoms with Crippen molar-refractivity contribution in [3.05, 3.63) is 47.0 Å². The van der Waals surface area contributed by atoms with Gasteiger partial charge in [-0.05, 0) is 68.9 Å². The standard InChI is InChI=1S/C23H29NO5S/c1-23(2)14-19(18-10-9-17(27-3)13-20(18)29-23)24-30(25,26)22-12-16-8-6-5-7-15(16)11-21(22)28-4/h9-13,19,24H,5-8,14H2,1-4H3/t19-/m1/s1. The van der Waals surface area contributed by atoms with Crippen molar-refractivity contribution in [2.75, 3.05) is 14.2 Å². The van der Waals surface area contributed by atoms with Crippen LogP contribution < -0.4 is 18.9 Å². The molecule has 0 fully saturated rings. The second-order valence-electron chi connectivity index (χ2n) is 8.62. The van der Waals surface area contributed by atoms with Gasteiger partial charge in [0, 0.05) is 18.1 Å². The number of rotatable bonds is 5. The van der Waals surface area contributed by atoms with E-state index in [4.69, 9.17) is 14.2 Å². The van der Waals surface area contributed by atoms with Crippen molar-refractivity contribution in [3.63, 3.8) is 0 Å². The minimum atomic E-state index is -3.81. The number of benzene rings is 2. The zero-order valence-corrected chi connectivity index (χ0v) is 18.8. The average molecular weight is 432 g/mol. The van der Waals surface area contributed by atoms with Crippen molar-refractivity contribution >= 4 is 10.0 Å². The molecule has 1 aliphatic carbocycles. The second kappa shape index (κ2) is 7.78. The Morgan fingerprint density at radius 3 is 2.40 bits per heavy atom. The number of methoxy groups -OCH3 is 2. The van der Waals surface area contributed by atoms with Crippen LogP contribution in [0.4, 0.5) is 0 Å². The smallest absolute Gasteiger partial charge is 0.244 e. The van der Waals surface area contributed by atoms with E-state index in [0.29, 0.717) is 23.7 Å². The minimum absolute atomic E-state index is 0.199. The fourth-order valence-corrected chi connectivity index (χ4v) is 5.84. The third kappa shape index (κ3) is 4.01. The summed E-state index contributed by atoms with van der Waals surface area (Å²) in [5, 5.41) is 0. The number of nitrogens with one attached hydrogen (secondary N) is 1. The molecule has 0 unspecified atom stereocenters. The summed E-state index contributed by atoms with van der Waals surface area (Å²) in [5.41, 5.74) is 2.56. The third-order valence-electron chi connectivity index (χ3n) is 5.89. The summed E-state index contributed by atoms with van der Waals surface area (Å²) in [4.78, 5) is 0.199. The zero-order valence-electron chi connectivity index (χ0n) is 17.9. The molecule has 0 saturated carbocycles. The van der Waals surface area contributed by atoms with Gasteiger partial charge in [0.25, 0.3) is 0 Å². The third-order valence-corrected chi connectivity index (χ3v) is 7.39. The predicted molar refractivity (Wildman–Crippen MR) is 115 cm³/mol. The molecule has 1 N–H and O–H groups in total. The highest BCUT2D eigenvalue weighted by Crippen LogP contribution is 2.42. The Morgan fingerprint density at radius 2 is 1.73 bits per heavy atom. The van der Waals surface area contributed by atoms with Crippen LogP contribution in [0.2, 0.25) is 0 Å². The molecule has 2 aliphatic rings. The molecule has 2 aromatic rings. The Kier molecular flexibility index (Phi) is 5.45. The number of ether oxygens (including phenoxy) is 3. The van der Waals surface area contributed by atoms with Gasteiger partial charge in [0.1, 0.15) is 27.7 Å². The van der Waals surface area contributed by atoms with Crippen LogP contribution >= 0.6 is 0 Å². The van der Waals surface area contributed by atoms with E-state index in [0.717, 1.165) is 36.8 Å². The van der Waals surface area contributed by atoms with Crippen LogP contribution in [0.5, 0.6) is 17.2 Å². The molecule has 2 aromatic carbocycles. The van der Waals surface area contributed by atoms with Crippen LogP contribution in [-0.4, -0.2) is 28.2 Å². The number of hydrogen-bond acceptors (Lipinski definition) is 5. The van der Waals surface area contributed by atoms with Crippen LogP contribution in [0.3, 0.4) is 0 Å². The number of sulfonamides is 1. The summed E-state index contributed by atoms with van der Waals surface area (Å²) in [6.07, 6.45) is 4.57. The normalized spacial score (nSPS) is 19.9. The fraction of sp³-hybridized carbons (Fsp3) is 0.478. The molecule has 0 bridgehead atoms. The Balaban J connectivity index is 1.72. The van der Waals surface area contributed by atoms with Gasteiger partial charge in [0.2, 0.25) is 10.0 Å². The second-order valence-corrected chi connectivity index (χ2v) is 10.3. The van der Waals surface area contributed by atoms with E-state index in [2.05, 4.69) is 4.72 Å². The monoisotopic (exact) mass is 431 g/mol. The van der Waals surface area contributed by atoms with Gasteiger partial charge in [-0.3, -0.25) is 0 Å². The first-order chi connectivity index (χ1) is 14.2. The number of fused-ring (bicyclic) bond motifs is 2. The van der Waals surface area contributed by atoms with Crippen LogP contribution in [0.25, 0.3) is 0 Å². The fourth-order valence-electron chi connectivity index (χ4n) is 4.42. The van der Waals surface area contributed by atoms with Crippen molar-refractivity contribution in [1.29, 1.82) is 0 Å². The molecule has 6 nitrogen and oxygen atoms in total. The lowest BCUT2D eigenvalue weighted by molar-refractivity contribution is 0.0698.